The fraction of sp³-hybridized carbons (Fsp3) is 0.538. The Bertz CT molecular complexity index is 517. The minimum absolute atomic E-state index is 0.205. The van der Waals surface area contributed by atoms with E-state index >= 15 is 0 Å². The summed E-state index contributed by atoms with van der Waals surface area (Å²) in [6, 6.07) is 5.02. The van der Waals surface area contributed by atoms with Crippen molar-refractivity contribution < 1.29 is 8.42 Å². The van der Waals surface area contributed by atoms with Crippen molar-refractivity contribution in [3.63, 3.8) is 0 Å². The van der Waals surface area contributed by atoms with Gasteiger partial charge in [-0.25, -0.2) is 13.1 Å². The van der Waals surface area contributed by atoms with Crippen LogP contribution in [0, 0.1) is 6.92 Å². The van der Waals surface area contributed by atoms with Gasteiger partial charge in [0.05, 0.1) is 4.90 Å². The fourth-order valence-electron chi connectivity index (χ4n) is 1.82. The lowest BCUT2D eigenvalue weighted by Crippen LogP contribution is -2.40. The average molecular weight is 349 g/mol. The Hall–Kier alpha value is -0.430. The van der Waals surface area contributed by atoms with Gasteiger partial charge in [0.25, 0.3) is 0 Å². The summed E-state index contributed by atoms with van der Waals surface area (Å²) in [7, 11) is -3.52. The van der Waals surface area contributed by atoms with Crippen molar-refractivity contribution >= 4 is 26.0 Å². The molecular weight excluding hydrogens is 328 g/mol. The summed E-state index contributed by atoms with van der Waals surface area (Å²) in [5.74, 6) is 0. The lowest BCUT2D eigenvalue weighted by Gasteiger charge is -2.17. The molecule has 6 heteroatoms. The number of nitrogens with one attached hydrogen (secondary N) is 1. The van der Waals surface area contributed by atoms with Crippen LogP contribution in [0.25, 0.3) is 0 Å². The highest BCUT2D eigenvalue weighted by Gasteiger charge is 2.21. The van der Waals surface area contributed by atoms with Crippen LogP contribution < -0.4 is 10.5 Å². The van der Waals surface area contributed by atoms with Crippen LogP contribution >= 0.6 is 15.9 Å². The zero-order valence-corrected chi connectivity index (χ0v) is 13.7. The Kier molecular flexibility index (Phi) is 6.46. The molecule has 0 fully saturated rings. The summed E-state index contributed by atoms with van der Waals surface area (Å²) in [4.78, 5) is 0.303. The van der Waals surface area contributed by atoms with Crippen LogP contribution in [0.1, 0.15) is 31.7 Å². The van der Waals surface area contributed by atoms with E-state index in [2.05, 4.69) is 27.6 Å². The number of benzene rings is 1. The summed E-state index contributed by atoms with van der Waals surface area (Å²) in [6.07, 6.45) is 2.75. The van der Waals surface area contributed by atoms with E-state index in [1.54, 1.807) is 19.1 Å². The molecule has 19 heavy (non-hydrogen) atoms. The van der Waals surface area contributed by atoms with Crippen LogP contribution in [0.5, 0.6) is 0 Å². The summed E-state index contributed by atoms with van der Waals surface area (Å²) in [6.45, 7) is 4.16. The molecule has 1 aromatic carbocycles. The minimum Gasteiger partial charge on any atom is -0.329 e. The van der Waals surface area contributed by atoms with Crippen LogP contribution in [0.15, 0.2) is 27.6 Å². The van der Waals surface area contributed by atoms with Crippen molar-refractivity contribution in [2.24, 2.45) is 5.73 Å². The van der Waals surface area contributed by atoms with E-state index in [-0.39, 0.29) is 6.04 Å². The van der Waals surface area contributed by atoms with Gasteiger partial charge in [0.2, 0.25) is 10.0 Å². The molecule has 0 aliphatic rings. The predicted molar refractivity (Wildman–Crippen MR) is 81.6 cm³/mol. The second-order valence-corrected chi connectivity index (χ2v) is 7.20. The first-order valence-corrected chi connectivity index (χ1v) is 8.67. The molecule has 0 radical (unpaired) electrons. The van der Waals surface area contributed by atoms with Crippen LogP contribution in [0.4, 0.5) is 0 Å². The maximum absolute atomic E-state index is 12.4. The van der Waals surface area contributed by atoms with Gasteiger partial charge < -0.3 is 5.73 Å². The Balaban J connectivity index is 2.93. The van der Waals surface area contributed by atoms with Gasteiger partial charge in [0.1, 0.15) is 0 Å². The van der Waals surface area contributed by atoms with E-state index in [1.165, 1.54) is 0 Å². The second kappa shape index (κ2) is 7.38. The number of hydrogen-bond acceptors (Lipinski definition) is 3. The molecule has 0 saturated heterocycles. The molecule has 108 valence electrons. The highest BCUT2D eigenvalue weighted by Crippen LogP contribution is 2.21. The summed E-state index contributed by atoms with van der Waals surface area (Å²) in [5.41, 5.74) is 6.35. The monoisotopic (exact) mass is 348 g/mol. The lowest BCUT2D eigenvalue weighted by molar-refractivity contribution is 0.516. The summed E-state index contributed by atoms with van der Waals surface area (Å²) < 4.78 is 28.1. The molecule has 0 spiro atoms. The van der Waals surface area contributed by atoms with Crippen molar-refractivity contribution in [2.75, 3.05) is 6.54 Å². The number of unbranched alkanes of at least 4 members (excludes halogenated alkanes) is 1. The van der Waals surface area contributed by atoms with Gasteiger partial charge in [-0.3, -0.25) is 0 Å². The number of rotatable bonds is 7. The fourth-order valence-corrected chi connectivity index (χ4v) is 3.89. The molecule has 0 heterocycles. The number of nitrogens with two attached hydrogens (primary N) is 1. The average Bonchev–Trinajstić information content (AvgIpc) is 2.37. The Labute approximate surface area is 124 Å². The number of hydrogen-bond donors (Lipinski definition) is 2. The van der Waals surface area contributed by atoms with Gasteiger partial charge in [0.15, 0.2) is 0 Å². The number of halogens is 1. The minimum atomic E-state index is -3.52. The van der Waals surface area contributed by atoms with Gasteiger partial charge >= 0.3 is 0 Å². The highest BCUT2D eigenvalue weighted by atomic mass is 79.9. The van der Waals surface area contributed by atoms with Crippen molar-refractivity contribution in [2.45, 2.75) is 44.0 Å². The zero-order valence-electron chi connectivity index (χ0n) is 11.3. The first-order chi connectivity index (χ1) is 8.90. The first-order valence-electron chi connectivity index (χ1n) is 6.39. The molecule has 0 saturated carbocycles. The van der Waals surface area contributed by atoms with E-state index in [1.807, 2.05) is 6.07 Å². The zero-order chi connectivity index (χ0) is 14.5. The van der Waals surface area contributed by atoms with E-state index in [4.69, 9.17) is 5.73 Å². The van der Waals surface area contributed by atoms with Crippen molar-refractivity contribution in [1.29, 1.82) is 0 Å². The topological polar surface area (TPSA) is 72.2 Å². The van der Waals surface area contributed by atoms with Crippen LogP contribution in [0.3, 0.4) is 0 Å². The molecule has 1 atom stereocenters. The van der Waals surface area contributed by atoms with E-state index < -0.39 is 10.0 Å². The smallest absolute Gasteiger partial charge is 0.241 e. The van der Waals surface area contributed by atoms with Crippen LogP contribution in [0.2, 0.25) is 0 Å². The molecule has 1 rings (SSSR count). The van der Waals surface area contributed by atoms with Crippen molar-refractivity contribution in [3.05, 3.63) is 28.2 Å². The molecule has 0 aliphatic carbocycles. The van der Waals surface area contributed by atoms with Gasteiger partial charge in [-0.15, -0.1) is 0 Å². The first kappa shape index (κ1) is 16.6. The molecule has 0 aliphatic heterocycles. The Morgan fingerprint density at radius 3 is 2.68 bits per heavy atom. The van der Waals surface area contributed by atoms with Gasteiger partial charge in [-0.05, 0) is 31.0 Å². The summed E-state index contributed by atoms with van der Waals surface area (Å²) >= 11 is 3.30. The van der Waals surface area contributed by atoms with Crippen molar-refractivity contribution in [3.8, 4) is 0 Å². The quantitative estimate of drug-likeness (QED) is 0.795. The Morgan fingerprint density at radius 2 is 2.11 bits per heavy atom. The molecular formula is C13H21BrN2O2S. The van der Waals surface area contributed by atoms with Gasteiger partial charge in [0, 0.05) is 17.1 Å². The van der Waals surface area contributed by atoms with E-state index in [0.29, 0.717) is 11.4 Å². The standard InChI is InChI=1S/C13H21BrN2O2S/c1-3-4-5-12(9-15)16-19(17,18)13-8-11(14)7-6-10(13)2/h6-8,12,16H,3-5,9,15H2,1-2H3. The number of sulfonamides is 1. The van der Waals surface area contributed by atoms with Gasteiger partial charge in [-0.1, -0.05) is 41.8 Å². The molecule has 0 amide bonds. The molecule has 0 bridgehead atoms. The number of aryl methyl sites for hydroxylation is 1. The van der Waals surface area contributed by atoms with Crippen LogP contribution in [-0.2, 0) is 10.0 Å². The maximum atomic E-state index is 12.4. The lowest BCUT2D eigenvalue weighted by atomic mass is 10.1. The molecule has 1 unspecified atom stereocenters. The SMILES string of the molecule is CCCCC(CN)NS(=O)(=O)c1cc(Br)ccc1C. The predicted octanol–water partition coefficient (Wildman–Crippen LogP) is 2.55. The van der Waals surface area contributed by atoms with E-state index in [0.717, 1.165) is 29.3 Å². The van der Waals surface area contributed by atoms with Crippen LogP contribution in [-0.4, -0.2) is 21.0 Å². The van der Waals surface area contributed by atoms with E-state index in [9.17, 15) is 8.42 Å². The summed E-state index contributed by atoms with van der Waals surface area (Å²) in [5, 5.41) is 0. The highest BCUT2D eigenvalue weighted by molar-refractivity contribution is 9.10. The molecule has 0 aromatic heterocycles. The molecule has 3 N–H and O–H groups in total. The van der Waals surface area contributed by atoms with Crippen molar-refractivity contribution in [1.82, 2.24) is 4.72 Å². The third kappa shape index (κ3) is 4.87. The Morgan fingerprint density at radius 1 is 1.42 bits per heavy atom. The molecule has 4 nitrogen and oxygen atoms in total. The van der Waals surface area contributed by atoms with Gasteiger partial charge in [-0.2, -0.15) is 0 Å². The third-order valence-electron chi connectivity index (χ3n) is 2.95. The second-order valence-electron chi connectivity index (χ2n) is 4.61. The third-order valence-corrected chi connectivity index (χ3v) is 5.11. The largest absolute Gasteiger partial charge is 0.329 e. The molecule has 1 aromatic rings. The maximum Gasteiger partial charge on any atom is 0.241 e. The normalized spacial score (nSPS) is 13.5.